The first-order chi connectivity index (χ1) is 7.25. The van der Waals surface area contributed by atoms with Crippen molar-refractivity contribution in [2.75, 3.05) is 0 Å². The maximum absolute atomic E-state index is 3.31. The van der Waals surface area contributed by atoms with Crippen LogP contribution in [0.1, 0.15) is 25.1 Å². The summed E-state index contributed by atoms with van der Waals surface area (Å²) >= 11 is 0. The Morgan fingerprint density at radius 2 is 1.40 bits per heavy atom. The fourth-order valence-corrected chi connectivity index (χ4v) is 1.41. The summed E-state index contributed by atoms with van der Waals surface area (Å²) in [6.45, 7) is 8.17. The lowest BCUT2D eigenvalue weighted by Gasteiger charge is -1.98. The van der Waals surface area contributed by atoms with E-state index in [2.05, 4.69) is 55.2 Å². The Balaban J connectivity index is 0.000000531. The largest absolute Gasteiger partial charge is 0.359 e. The van der Waals surface area contributed by atoms with Crippen LogP contribution in [0.15, 0.2) is 36.4 Å². The predicted octanol–water partition coefficient (Wildman–Crippen LogP) is 4.32. The van der Waals surface area contributed by atoms with Gasteiger partial charge in [-0.25, -0.2) is 0 Å². The number of nitrogens with one attached hydrogen (secondary N) is 1. The summed E-state index contributed by atoms with van der Waals surface area (Å²) in [5.74, 6) is 0. The van der Waals surface area contributed by atoms with E-state index in [0.29, 0.717) is 0 Å². The van der Waals surface area contributed by atoms with Gasteiger partial charge in [-0.05, 0) is 31.5 Å². The zero-order valence-corrected chi connectivity index (χ0v) is 9.96. The molecule has 0 radical (unpaired) electrons. The molecule has 0 saturated heterocycles. The molecule has 80 valence electrons. The zero-order valence-electron chi connectivity index (χ0n) is 9.96. The van der Waals surface area contributed by atoms with Crippen LogP contribution in [-0.4, -0.2) is 4.98 Å². The van der Waals surface area contributed by atoms with E-state index in [1.54, 1.807) is 0 Å². The number of benzene rings is 1. The van der Waals surface area contributed by atoms with Crippen molar-refractivity contribution in [1.29, 1.82) is 0 Å². The second-order valence-electron chi connectivity index (χ2n) is 3.42. The molecule has 1 aromatic heterocycles. The minimum atomic E-state index is 1.19. The van der Waals surface area contributed by atoms with E-state index >= 15 is 0 Å². The minimum Gasteiger partial charge on any atom is -0.359 e. The van der Waals surface area contributed by atoms with Gasteiger partial charge in [-0.3, -0.25) is 0 Å². The molecule has 0 aliphatic heterocycles. The van der Waals surface area contributed by atoms with Gasteiger partial charge in [0.05, 0.1) is 0 Å². The van der Waals surface area contributed by atoms with Crippen molar-refractivity contribution in [3.63, 3.8) is 0 Å². The number of aryl methyl sites for hydroxylation is 2. The number of hydrogen-bond acceptors (Lipinski definition) is 0. The van der Waals surface area contributed by atoms with Gasteiger partial charge in [-0.2, -0.15) is 0 Å². The minimum absolute atomic E-state index is 1.19. The molecular formula is C14H19N. The second-order valence-corrected chi connectivity index (χ2v) is 3.42. The van der Waals surface area contributed by atoms with Crippen LogP contribution in [0.25, 0.3) is 11.3 Å². The van der Waals surface area contributed by atoms with Crippen molar-refractivity contribution in [2.24, 2.45) is 0 Å². The highest BCUT2D eigenvalue weighted by atomic mass is 14.7. The third-order valence-electron chi connectivity index (χ3n) is 2.19. The molecular weight excluding hydrogens is 182 g/mol. The van der Waals surface area contributed by atoms with Crippen LogP contribution in [0, 0.1) is 13.8 Å². The number of H-pyrrole nitrogens is 1. The van der Waals surface area contributed by atoms with Crippen molar-refractivity contribution in [3.8, 4) is 11.3 Å². The van der Waals surface area contributed by atoms with E-state index in [1.807, 2.05) is 13.8 Å². The molecule has 0 aliphatic carbocycles. The fraction of sp³-hybridized carbons (Fsp3) is 0.286. The number of aromatic amines is 1. The average molecular weight is 201 g/mol. The quantitative estimate of drug-likeness (QED) is 0.707. The van der Waals surface area contributed by atoms with E-state index < -0.39 is 0 Å². The van der Waals surface area contributed by atoms with Gasteiger partial charge < -0.3 is 4.98 Å². The number of rotatable bonds is 1. The van der Waals surface area contributed by atoms with Gasteiger partial charge in [0, 0.05) is 11.4 Å². The van der Waals surface area contributed by atoms with Crippen LogP contribution in [0.2, 0.25) is 0 Å². The van der Waals surface area contributed by atoms with E-state index in [9.17, 15) is 0 Å². The van der Waals surface area contributed by atoms with Crippen LogP contribution in [0.4, 0.5) is 0 Å². The summed E-state index contributed by atoms with van der Waals surface area (Å²) < 4.78 is 0. The zero-order chi connectivity index (χ0) is 11.3. The molecule has 0 bridgehead atoms. The molecule has 2 aromatic rings. The topological polar surface area (TPSA) is 15.8 Å². The molecule has 0 fully saturated rings. The van der Waals surface area contributed by atoms with Crippen molar-refractivity contribution in [2.45, 2.75) is 27.7 Å². The summed E-state index contributed by atoms with van der Waals surface area (Å²) in [7, 11) is 0. The van der Waals surface area contributed by atoms with E-state index in [-0.39, 0.29) is 0 Å². The van der Waals surface area contributed by atoms with Gasteiger partial charge in [0.1, 0.15) is 0 Å². The highest BCUT2D eigenvalue weighted by Crippen LogP contribution is 2.18. The first-order valence-corrected chi connectivity index (χ1v) is 5.48. The highest BCUT2D eigenvalue weighted by molar-refractivity contribution is 5.60. The number of hydrogen-bond donors (Lipinski definition) is 1. The molecule has 1 N–H and O–H groups in total. The van der Waals surface area contributed by atoms with Gasteiger partial charge in [0.25, 0.3) is 0 Å². The lowest BCUT2D eigenvalue weighted by Crippen LogP contribution is -1.78. The van der Waals surface area contributed by atoms with Crippen molar-refractivity contribution in [3.05, 3.63) is 47.7 Å². The summed E-state index contributed by atoms with van der Waals surface area (Å²) in [6, 6.07) is 12.7. The first kappa shape index (κ1) is 11.6. The smallest absolute Gasteiger partial charge is 0.0455 e. The summed E-state index contributed by atoms with van der Waals surface area (Å²) in [5, 5.41) is 0. The summed E-state index contributed by atoms with van der Waals surface area (Å²) in [4.78, 5) is 3.31. The third kappa shape index (κ3) is 2.98. The van der Waals surface area contributed by atoms with Crippen molar-refractivity contribution in [1.82, 2.24) is 4.98 Å². The van der Waals surface area contributed by atoms with Crippen LogP contribution in [0.3, 0.4) is 0 Å². The first-order valence-electron chi connectivity index (χ1n) is 5.48. The maximum atomic E-state index is 3.31. The predicted molar refractivity (Wildman–Crippen MR) is 67.1 cm³/mol. The molecule has 1 aromatic carbocycles. The van der Waals surface area contributed by atoms with E-state index in [1.165, 1.54) is 22.5 Å². The molecule has 0 spiro atoms. The van der Waals surface area contributed by atoms with Gasteiger partial charge in [0.15, 0.2) is 0 Å². The highest BCUT2D eigenvalue weighted by Gasteiger charge is 1.97. The Bertz CT molecular complexity index is 396. The third-order valence-corrected chi connectivity index (χ3v) is 2.19. The Morgan fingerprint density at radius 3 is 1.87 bits per heavy atom. The van der Waals surface area contributed by atoms with Gasteiger partial charge in [-0.1, -0.05) is 43.7 Å². The molecule has 0 unspecified atom stereocenters. The van der Waals surface area contributed by atoms with Crippen LogP contribution in [-0.2, 0) is 0 Å². The van der Waals surface area contributed by atoms with Gasteiger partial charge >= 0.3 is 0 Å². The van der Waals surface area contributed by atoms with Crippen LogP contribution in [0.5, 0.6) is 0 Å². The maximum Gasteiger partial charge on any atom is 0.0455 e. The molecule has 0 amide bonds. The standard InChI is InChI=1S/C12H13N.C2H6/c1-9-3-6-11(7-4-9)12-8-5-10(2)13-12;1-2/h3-8,13H,1-2H3;1-2H3. The monoisotopic (exact) mass is 201 g/mol. The molecule has 15 heavy (non-hydrogen) atoms. The number of aromatic nitrogens is 1. The Kier molecular flexibility index (Phi) is 4.17. The lowest BCUT2D eigenvalue weighted by atomic mass is 10.1. The second kappa shape index (κ2) is 5.40. The Labute approximate surface area is 92.2 Å². The molecule has 1 nitrogen and oxygen atoms in total. The van der Waals surface area contributed by atoms with Gasteiger partial charge in [0.2, 0.25) is 0 Å². The lowest BCUT2D eigenvalue weighted by molar-refractivity contribution is 1.27. The van der Waals surface area contributed by atoms with Gasteiger partial charge in [-0.15, -0.1) is 0 Å². The summed E-state index contributed by atoms with van der Waals surface area (Å²) in [5.41, 5.74) is 4.94. The molecule has 2 rings (SSSR count). The van der Waals surface area contributed by atoms with E-state index in [4.69, 9.17) is 0 Å². The van der Waals surface area contributed by atoms with Crippen LogP contribution < -0.4 is 0 Å². The Hall–Kier alpha value is -1.50. The van der Waals surface area contributed by atoms with Crippen LogP contribution >= 0.6 is 0 Å². The van der Waals surface area contributed by atoms with Crippen molar-refractivity contribution < 1.29 is 0 Å². The SMILES string of the molecule is CC.Cc1ccc(-c2ccc(C)[nH]2)cc1. The Morgan fingerprint density at radius 1 is 0.800 bits per heavy atom. The molecule has 0 saturated carbocycles. The summed E-state index contributed by atoms with van der Waals surface area (Å²) in [6.07, 6.45) is 0. The molecule has 1 heteroatoms. The molecule has 0 atom stereocenters. The fourth-order valence-electron chi connectivity index (χ4n) is 1.41. The van der Waals surface area contributed by atoms with Crippen molar-refractivity contribution >= 4 is 0 Å². The normalized spacial score (nSPS) is 9.33. The molecule has 0 aliphatic rings. The van der Waals surface area contributed by atoms with E-state index in [0.717, 1.165) is 0 Å². The molecule has 1 heterocycles. The average Bonchev–Trinajstić information content (AvgIpc) is 2.69.